The number of hydrogen-bond donors (Lipinski definition) is 3. The summed E-state index contributed by atoms with van der Waals surface area (Å²) in [5, 5.41) is 30.2. The second-order valence-corrected chi connectivity index (χ2v) is 11.0. The predicted octanol–water partition coefficient (Wildman–Crippen LogP) is 6.90. The van der Waals surface area contributed by atoms with E-state index in [0.29, 0.717) is 16.9 Å². The summed E-state index contributed by atoms with van der Waals surface area (Å²) < 4.78 is 19.7. The number of ether oxygens (including phenoxy) is 1. The Hall–Kier alpha value is -3.64. The monoisotopic (exact) mass is 504 g/mol. The Morgan fingerprint density at radius 2 is 1.70 bits per heavy atom. The minimum absolute atomic E-state index is 0.114. The van der Waals surface area contributed by atoms with Crippen LogP contribution in [0.2, 0.25) is 0 Å². The minimum atomic E-state index is -1.21. The van der Waals surface area contributed by atoms with Gasteiger partial charge in [-0.25, -0.2) is 9.18 Å². The maximum atomic E-state index is 13.4. The van der Waals surface area contributed by atoms with Crippen molar-refractivity contribution in [2.75, 3.05) is 0 Å². The van der Waals surface area contributed by atoms with E-state index in [9.17, 15) is 19.4 Å². The van der Waals surface area contributed by atoms with Crippen LogP contribution in [0.1, 0.15) is 84.8 Å². The quantitative estimate of drug-likeness (QED) is 0.326. The van der Waals surface area contributed by atoms with Crippen LogP contribution in [0.4, 0.5) is 4.39 Å². The number of carboxylic acids is 1. The summed E-state index contributed by atoms with van der Waals surface area (Å²) in [6, 6.07) is 14.4. The molecule has 0 aliphatic heterocycles. The van der Waals surface area contributed by atoms with Gasteiger partial charge in [-0.2, -0.15) is 0 Å². The van der Waals surface area contributed by atoms with Gasteiger partial charge in [-0.05, 0) is 76.3 Å². The predicted molar refractivity (Wildman–Crippen MR) is 142 cm³/mol. The highest BCUT2D eigenvalue weighted by Gasteiger charge is 2.40. The van der Waals surface area contributed by atoms with E-state index in [1.54, 1.807) is 30.4 Å². The fourth-order valence-corrected chi connectivity index (χ4v) is 4.93. The lowest BCUT2D eigenvalue weighted by molar-refractivity contribution is 0.0693. The van der Waals surface area contributed by atoms with Crippen LogP contribution in [0.5, 0.6) is 11.5 Å². The highest BCUT2D eigenvalue weighted by molar-refractivity contribution is 5.91. The second-order valence-electron chi connectivity index (χ2n) is 11.0. The van der Waals surface area contributed by atoms with Gasteiger partial charge in [0.25, 0.3) is 0 Å². The van der Waals surface area contributed by atoms with Gasteiger partial charge in [0.05, 0.1) is 6.10 Å². The SMILES string of the molecule is CC1(C)CCC(C)(C)c2c(OCc3ccc(F)cc3)cc(C(O)C=Cc3ccc(C(=O)O)c(O)c3)cc21. The number of rotatable bonds is 7. The molecular formula is C31H33FO5. The van der Waals surface area contributed by atoms with Gasteiger partial charge in [-0.15, -0.1) is 0 Å². The topological polar surface area (TPSA) is 87.0 Å². The average molecular weight is 505 g/mol. The summed E-state index contributed by atoms with van der Waals surface area (Å²) in [5.41, 5.74) is 3.92. The Balaban J connectivity index is 1.70. The molecule has 0 saturated carbocycles. The highest BCUT2D eigenvalue weighted by Crippen LogP contribution is 2.50. The van der Waals surface area contributed by atoms with E-state index in [1.165, 1.54) is 24.3 Å². The van der Waals surface area contributed by atoms with Crippen molar-refractivity contribution in [2.45, 2.75) is 64.1 Å². The molecule has 37 heavy (non-hydrogen) atoms. The molecule has 194 valence electrons. The van der Waals surface area contributed by atoms with Crippen LogP contribution in [0, 0.1) is 5.82 Å². The zero-order valence-corrected chi connectivity index (χ0v) is 21.6. The third-order valence-corrected chi connectivity index (χ3v) is 7.28. The van der Waals surface area contributed by atoms with Crippen LogP contribution in [0.15, 0.2) is 60.7 Å². The molecule has 1 aliphatic carbocycles. The van der Waals surface area contributed by atoms with Gasteiger partial charge in [0.15, 0.2) is 0 Å². The first-order chi connectivity index (χ1) is 17.4. The van der Waals surface area contributed by atoms with Crippen LogP contribution in [0.25, 0.3) is 6.08 Å². The molecule has 1 atom stereocenters. The molecule has 5 nitrogen and oxygen atoms in total. The average Bonchev–Trinajstić information content (AvgIpc) is 2.84. The molecule has 1 unspecified atom stereocenters. The van der Waals surface area contributed by atoms with Crippen LogP contribution >= 0.6 is 0 Å². The van der Waals surface area contributed by atoms with Crippen LogP contribution < -0.4 is 4.74 Å². The third kappa shape index (κ3) is 5.70. The first-order valence-electron chi connectivity index (χ1n) is 12.4. The largest absolute Gasteiger partial charge is 0.507 e. The Morgan fingerprint density at radius 1 is 1.03 bits per heavy atom. The maximum absolute atomic E-state index is 13.4. The number of aliphatic hydroxyl groups is 1. The first-order valence-corrected chi connectivity index (χ1v) is 12.4. The Morgan fingerprint density at radius 3 is 2.35 bits per heavy atom. The van der Waals surface area contributed by atoms with Gasteiger partial charge < -0.3 is 20.1 Å². The lowest BCUT2D eigenvalue weighted by Gasteiger charge is -2.43. The zero-order valence-electron chi connectivity index (χ0n) is 21.6. The Labute approximate surface area is 216 Å². The molecule has 3 N–H and O–H groups in total. The Bertz CT molecular complexity index is 1340. The number of aromatic carboxylic acids is 1. The van der Waals surface area contributed by atoms with Gasteiger partial charge in [-0.3, -0.25) is 0 Å². The van der Waals surface area contributed by atoms with Crippen molar-refractivity contribution in [2.24, 2.45) is 0 Å². The molecular weight excluding hydrogens is 471 g/mol. The minimum Gasteiger partial charge on any atom is -0.507 e. The molecule has 4 rings (SSSR count). The van der Waals surface area contributed by atoms with E-state index < -0.39 is 12.1 Å². The van der Waals surface area contributed by atoms with E-state index in [1.807, 2.05) is 12.1 Å². The number of fused-ring (bicyclic) bond motifs is 1. The van der Waals surface area contributed by atoms with Crippen LogP contribution in [0.3, 0.4) is 0 Å². The molecule has 3 aromatic rings. The maximum Gasteiger partial charge on any atom is 0.339 e. The van der Waals surface area contributed by atoms with Crippen molar-refractivity contribution in [3.63, 3.8) is 0 Å². The number of aliphatic hydroxyl groups excluding tert-OH is 1. The zero-order chi connectivity index (χ0) is 27.0. The molecule has 0 fully saturated rings. The Kier molecular flexibility index (Phi) is 7.16. The van der Waals surface area contributed by atoms with Crippen LogP contribution in [-0.2, 0) is 17.4 Å². The number of hydrogen-bond acceptors (Lipinski definition) is 4. The van der Waals surface area contributed by atoms with E-state index in [0.717, 1.165) is 29.5 Å². The highest BCUT2D eigenvalue weighted by atomic mass is 19.1. The summed E-state index contributed by atoms with van der Waals surface area (Å²) in [7, 11) is 0. The summed E-state index contributed by atoms with van der Waals surface area (Å²) >= 11 is 0. The van der Waals surface area contributed by atoms with Gasteiger partial charge in [0.1, 0.15) is 29.5 Å². The fraction of sp³-hybridized carbons (Fsp3) is 0.323. The molecule has 1 aliphatic rings. The lowest BCUT2D eigenvalue weighted by Crippen LogP contribution is -2.34. The van der Waals surface area contributed by atoms with E-state index in [4.69, 9.17) is 9.84 Å². The number of phenols is 1. The fourth-order valence-electron chi connectivity index (χ4n) is 4.93. The molecule has 0 spiro atoms. The van der Waals surface area contributed by atoms with Crippen molar-refractivity contribution < 1.29 is 29.2 Å². The van der Waals surface area contributed by atoms with Gasteiger partial charge in [-0.1, -0.05) is 64.1 Å². The normalized spacial score (nSPS) is 16.8. The molecule has 0 heterocycles. The van der Waals surface area contributed by atoms with Crippen molar-refractivity contribution in [3.8, 4) is 11.5 Å². The smallest absolute Gasteiger partial charge is 0.339 e. The summed E-state index contributed by atoms with van der Waals surface area (Å²) in [4.78, 5) is 11.1. The molecule has 0 saturated heterocycles. The van der Waals surface area contributed by atoms with Gasteiger partial charge >= 0.3 is 5.97 Å². The molecule has 0 aromatic heterocycles. The van der Waals surface area contributed by atoms with Crippen LogP contribution in [-0.4, -0.2) is 21.3 Å². The molecule has 0 amide bonds. The summed E-state index contributed by atoms with van der Waals surface area (Å²) in [5.74, 6) is -1.14. The number of halogens is 1. The van der Waals surface area contributed by atoms with Crippen molar-refractivity contribution in [3.05, 3.63) is 99.9 Å². The van der Waals surface area contributed by atoms with Crippen molar-refractivity contribution >= 4 is 12.0 Å². The number of carboxylic acid groups (broad SMARTS) is 1. The molecule has 0 radical (unpaired) electrons. The lowest BCUT2D eigenvalue weighted by atomic mass is 9.62. The van der Waals surface area contributed by atoms with E-state index >= 15 is 0 Å². The van der Waals surface area contributed by atoms with Gasteiger partial charge in [0, 0.05) is 5.56 Å². The van der Waals surface area contributed by atoms with E-state index in [2.05, 4.69) is 27.7 Å². The summed E-state index contributed by atoms with van der Waals surface area (Å²) in [6.07, 6.45) is 4.28. The molecule has 3 aromatic carbocycles. The molecule has 6 heteroatoms. The number of carbonyl (C=O) groups is 1. The first kappa shape index (κ1) is 26.4. The van der Waals surface area contributed by atoms with E-state index in [-0.39, 0.29) is 34.6 Å². The third-order valence-electron chi connectivity index (χ3n) is 7.28. The second kappa shape index (κ2) is 10.0. The number of aromatic hydroxyl groups is 1. The van der Waals surface area contributed by atoms with Crippen molar-refractivity contribution in [1.29, 1.82) is 0 Å². The summed E-state index contributed by atoms with van der Waals surface area (Å²) in [6.45, 7) is 9.07. The van der Waals surface area contributed by atoms with Crippen molar-refractivity contribution in [1.82, 2.24) is 0 Å². The van der Waals surface area contributed by atoms with Gasteiger partial charge in [0.2, 0.25) is 0 Å². The number of benzene rings is 3. The molecule has 0 bridgehead atoms. The standard InChI is InChI=1S/C31H33FO5/c1-30(2)13-14-31(3,4)28-24(30)16-21(17-27(28)37-18-20-5-9-22(32)10-6-20)25(33)12-8-19-7-11-23(29(35)36)26(34)15-19/h5-12,15-17,25,33-34H,13-14,18H2,1-4H3,(H,35,36).